The van der Waals surface area contributed by atoms with Gasteiger partial charge in [0.15, 0.2) is 0 Å². The van der Waals surface area contributed by atoms with Crippen molar-refractivity contribution in [2.75, 3.05) is 13.7 Å². The maximum Gasteiger partial charge on any atom is 0.335 e. The molecular weight excluding hydrogens is 196 g/mol. The highest BCUT2D eigenvalue weighted by Crippen LogP contribution is 2.21. The molecule has 0 atom stereocenters. The number of ether oxygens (including phenoxy) is 2. The van der Waals surface area contributed by atoms with Gasteiger partial charge in [0.05, 0.1) is 18.8 Å². The van der Waals surface area contributed by atoms with Gasteiger partial charge >= 0.3 is 5.97 Å². The van der Waals surface area contributed by atoms with E-state index in [1.54, 1.807) is 19.2 Å². The predicted molar refractivity (Wildman–Crippen MR) is 55.3 cm³/mol. The summed E-state index contributed by atoms with van der Waals surface area (Å²) in [5, 5.41) is 8.82. The molecule has 1 aromatic rings. The number of hydrogen-bond donors (Lipinski definition) is 1. The molecule has 1 N–H and O–H groups in total. The van der Waals surface area contributed by atoms with Gasteiger partial charge in [-0.3, -0.25) is 0 Å². The highest BCUT2D eigenvalue weighted by Gasteiger charge is 2.08. The summed E-state index contributed by atoms with van der Waals surface area (Å²) in [7, 11) is 1.56. The summed E-state index contributed by atoms with van der Waals surface area (Å²) >= 11 is 0. The first-order valence-corrected chi connectivity index (χ1v) is 4.67. The van der Waals surface area contributed by atoms with Gasteiger partial charge in [0.1, 0.15) is 5.75 Å². The summed E-state index contributed by atoms with van der Waals surface area (Å²) in [6.07, 6.45) is 0. The lowest BCUT2D eigenvalue weighted by atomic mass is 10.1. The molecule has 0 unspecified atom stereocenters. The summed E-state index contributed by atoms with van der Waals surface area (Å²) in [6, 6.07) is 4.74. The van der Waals surface area contributed by atoms with Gasteiger partial charge in [-0.1, -0.05) is 0 Å². The van der Waals surface area contributed by atoms with Crippen LogP contribution in [0, 0.1) is 0 Å². The van der Waals surface area contributed by atoms with Gasteiger partial charge in [-0.2, -0.15) is 0 Å². The zero-order chi connectivity index (χ0) is 11.3. The van der Waals surface area contributed by atoms with Crippen molar-refractivity contribution in [3.8, 4) is 5.75 Å². The van der Waals surface area contributed by atoms with Crippen LogP contribution in [0.4, 0.5) is 0 Å². The topological polar surface area (TPSA) is 55.8 Å². The predicted octanol–water partition coefficient (Wildman–Crippen LogP) is 1.93. The third-order valence-corrected chi connectivity index (χ3v) is 1.91. The molecule has 0 aliphatic rings. The second-order valence-corrected chi connectivity index (χ2v) is 2.99. The molecule has 0 amide bonds. The minimum absolute atomic E-state index is 0.241. The fraction of sp³-hybridized carbons (Fsp3) is 0.364. The zero-order valence-corrected chi connectivity index (χ0v) is 8.82. The molecule has 0 saturated carbocycles. The molecule has 0 heterocycles. The lowest BCUT2D eigenvalue weighted by Gasteiger charge is -2.10. The van der Waals surface area contributed by atoms with E-state index in [9.17, 15) is 4.79 Å². The Bertz CT molecular complexity index is 346. The van der Waals surface area contributed by atoms with Gasteiger partial charge in [0.2, 0.25) is 0 Å². The van der Waals surface area contributed by atoms with Crippen LogP contribution < -0.4 is 4.74 Å². The number of methoxy groups -OCH3 is 1. The molecule has 0 saturated heterocycles. The van der Waals surface area contributed by atoms with E-state index in [1.165, 1.54) is 6.07 Å². The van der Waals surface area contributed by atoms with Crippen LogP contribution in [0.15, 0.2) is 18.2 Å². The number of carbonyl (C=O) groups is 1. The highest BCUT2D eigenvalue weighted by molar-refractivity contribution is 5.88. The summed E-state index contributed by atoms with van der Waals surface area (Å²) in [4.78, 5) is 10.7. The quantitative estimate of drug-likeness (QED) is 0.806. The van der Waals surface area contributed by atoms with E-state index in [4.69, 9.17) is 14.6 Å². The van der Waals surface area contributed by atoms with Crippen molar-refractivity contribution in [3.05, 3.63) is 29.3 Å². The number of aromatic carboxylic acids is 1. The zero-order valence-electron chi connectivity index (χ0n) is 8.82. The Morgan fingerprint density at radius 3 is 2.73 bits per heavy atom. The molecule has 0 aliphatic carbocycles. The van der Waals surface area contributed by atoms with E-state index in [1.807, 2.05) is 6.92 Å². The lowest BCUT2D eigenvalue weighted by Crippen LogP contribution is -2.02. The first kappa shape index (κ1) is 11.5. The Hall–Kier alpha value is -1.55. The molecule has 4 heteroatoms. The molecule has 82 valence electrons. The van der Waals surface area contributed by atoms with Gasteiger partial charge in [0.25, 0.3) is 0 Å². The third-order valence-electron chi connectivity index (χ3n) is 1.91. The van der Waals surface area contributed by atoms with Gasteiger partial charge < -0.3 is 14.6 Å². The Kier molecular flexibility index (Phi) is 4.12. The monoisotopic (exact) mass is 210 g/mol. The summed E-state index contributed by atoms with van der Waals surface area (Å²) < 4.78 is 10.3. The molecule has 4 nitrogen and oxygen atoms in total. The van der Waals surface area contributed by atoms with Crippen molar-refractivity contribution in [1.29, 1.82) is 0 Å². The maximum atomic E-state index is 10.7. The minimum Gasteiger partial charge on any atom is -0.494 e. The molecular formula is C11H14O4. The smallest absolute Gasteiger partial charge is 0.335 e. The van der Waals surface area contributed by atoms with Crippen LogP contribution >= 0.6 is 0 Å². The standard InChI is InChI=1S/C11H14O4/c1-3-15-10-5-4-8(11(12)13)6-9(10)7-14-2/h4-6H,3,7H2,1-2H3,(H,12,13). The van der Waals surface area contributed by atoms with Crippen molar-refractivity contribution in [3.63, 3.8) is 0 Å². The number of hydrogen-bond acceptors (Lipinski definition) is 3. The first-order chi connectivity index (χ1) is 7.19. The average molecular weight is 210 g/mol. The van der Waals surface area contributed by atoms with Gasteiger partial charge in [0, 0.05) is 12.7 Å². The summed E-state index contributed by atoms with van der Waals surface area (Å²) in [5.41, 5.74) is 0.991. The number of carboxylic acid groups (broad SMARTS) is 1. The number of benzene rings is 1. The lowest BCUT2D eigenvalue weighted by molar-refractivity contribution is 0.0696. The van der Waals surface area contributed by atoms with E-state index in [2.05, 4.69) is 0 Å². The Morgan fingerprint density at radius 1 is 1.47 bits per heavy atom. The number of carboxylic acids is 1. The van der Waals surface area contributed by atoms with Crippen LogP contribution in [0.3, 0.4) is 0 Å². The fourth-order valence-corrected chi connectivity index (χ4v) is 1.28. The van der Waals surface area contributed by atoms with Crippen LogP contribution in [0.1, 0.15) is 22.8 Å². The Morgan fingerprint density at radius 2 is 2.20 bits per heavy atom. The molecule has 0 spiro atoms. The SMILES string of the molecule is CCOc1ccc(C(=O)O)cc1COC. The van der Waals surface area contributed by atoms with E-state index >= 15 is 0 Å². The molecule has 0 bridgehead atoms. The molecule has 0 aromatic heterocycles. The van der Waals surface area contributed by atoms with Crippen LogP contribution in [0.25, 0.3) is 0 Å². The average Bonchev–Trinajstić information content (AvgIpc) is 2.21. The summed E-state index contributed by atoms with van der Waals surface area (Å²) in [5.74, 6) is -0.278. The summed E-state index contributed by atoms with van der Waals surface area (Å²) in [6.45, 7) is 2.77. The van der Waals surface area contributed by atoms with E-state index in [0.717, 1.165) is 5.56 Å². The highest BCUT2D eigenvalue weighted by atomic mass is 16.5. The van der Waals surface area contributed by atoms with Crippen molar-refractivity contribution >= 4 is 5.97 Å². The van der Waals surface area contributed by atoms with Crippen molar-refractivity contribution < 1.29 is 19.4 Å². The van der Waals surface area contributed by atoms with Gasteiger partial charge in [-0.25, -0.2) is 4.79 Å². The molecule has 0 fully saturated rings. The second kappa shape index (κ2) is 5.36. The minimum atomic E-state index is -0.949. The normalized spacial score (nSPS) is 10.0. The van der Waals surface area contributed by atoms with E-state index in [-0.39, 0.29) is 5.56 Å². The van der Waals surface area contributed by atoms with Crippen molar-refractivity contribution in [2.24, 2.45) is 0 Å². The third kappa shape index (κ3) is 2.95. The largest absolute Gasteiger partial charge is 0.494 e. The van der Waals surface area contributed by atoms with E-state index in [0.29, 0.717) is 19.0 Å². The van der Waals surface area contributed by atoms with Crippen LogP contribution in [-0.2, 0) is 11.3 Å². The molecule has 1 rings (SSSR count). The first-order valence-electron chi connectivity index (χ1n) is 4.67. The maximum absolute atomic E-state index is 10.7. The number of rotatable bonds is 5. The second-order valence-electron chi connectivity index (χ2n) is 2.99. The van der Waals surface area contributed by atoms with Gasteiger partial charge in [-0.15, -0.1) is 0 Å². The molecule has 15 heavy (non-hydrogen) atoms. The Balaban J connectivity index is 3.02. The van der Waals surface area contributed by atoms with Crippen LogP contribution in [-0.4, -0.2) is 24.8 Å². The molecule has 1 aromatic carbocycles. The molecule has 0 aliphatic heterocycles. The van der Waals surface area contributed by atoms with E-state index < -0.39 is 5.97 Å². The van der Waals surface area contributed by atoms with Gasteiger partial charge in [-0.05, 0) is 25.1 Å². The van der Waals surface area contributed by atoms with Crippen molar-refractivity contribution in [2.45, 2.75) is 13.5 Å². The van der Waals surface area contributed by atoms with Crippen LogP contribution in [0.2, 0.25) is 0 Å². The molecule has 0 radical (unpaired) electrons. The Labute approximate surface area is 88.4 Å². The van der Waals surface area contributed by atoms with Crippen LogP contribution in [0.5, 0.6) is 5.75 Å². The van der Waals surface area contributed by atoms with Crippen molar-refractivity contribution in [1.82, 2.24) is 0 Å². The fourth-order valence-electron chi connectivity index (χ4n) is 1.28.